The molecular weight excluding hydrogens is 308 g/mol. The van der Waals surface area contributed by atoms with Gasteiger partial charge in [-0.25, -0.2) is 0 Å². The molecule has 7 heteroatoms. The van der Waals surface area contributed by atoms with Crippen LogP contribution in [0.4, 0.5) is 23.5 Å². The summed E-state index contributed by atoms with van der Waals surface area (Å²) in [6, 6.07) is 5.98. The van der Waals surface area contributed by atoms with E-state index in [9.17, 15) is 0 Å². The van der Waals surface area contributed by atoms with E-state index in [-0.39, 0.29) is 5.95 Å². The van der Waals surface area contributed by atoms with Crippen molar-refractivity contribution in [1.82, 2.24) is 15.0 Å². The average molecular weight is 323 g/mol. The van der Waals surface area contributed by atoms with Crippen LogP contribution in [0, 0.1) is 6.92 Å². The molecule has 0 aliphatic heterocycles. The number of aryl methyl sites for hydroxylation is 1. The molecule has 0 radical (unpaired) electrons. The molecule has 0 aliphatic rings. The first-order chi connectivity index (χ1) is 8.95. The van der Waals surface area contributed by atoms with Gasteiger partial charge in [0, 0.05) is 18.6 Å². The Bertz CT molecular complexity index is 599. The summed E-state index contributed by atoms with van der Waals surface area (Å²) < 4.78 is 0.934. The average Bonchev–Trinajstić information content (AvgIpc) is 2.33. The third-order valence-corrected chi connectivity index (χ3v) is 3.10. The molecule has 1 aromatic carbocycles. The van der Waals surface area contributed by atoms with Crippen LogP contribution in [0.5, 0.6) is 0 Å². The van der Waals surface area contributed by atoms with Gasteiger partial charge in [0.25, 0.3) is 0 Å². The highest BCUT2D eigenvalue weighted by molar-refractivity contribution is 9.10. The second-order valence-electron chi connectivity index (χ2n) is 4.32. The van der Waals surface area contributed by atoms with Crippen LogP contribution in [0.2, 0.25) is 0 Å². The van der Waals surface area contributed by atoms with Crippen LogP contribution in [-0.2, 0) is 0 Å². The molecule has 3 N–H and O–H groups in total. The molecule has 2 aromatic rings. The smallest absolute Gasteiger partial charge is 0.233 e. The molecule has 0 fully saturated rings. The summed E-state index contributed by atoms with van der Waals surface area (Å²) in [6.45, 7) is 2.02. The number of halogens is 1. The molecule has 0 saturated heterocycles. The maximum atomic E-state index is 5.68. The van der Waals surface area contributed by atoms with Crippen LogP contribution in [-0.4, -0.2) is 29.0 Å². The molecule has 0 unspecified atom stereocenters. The Balaban J connectivity index is 2.35. The molecule has 100 valence electrons. The number of anilines is 4. The van der Waals surface area contributed by atoms with Gasteiger partial charge in [-0.1, -0.05) is 6.07 Å². The minimum atomic E-state index is 0.185. The first-order valence-electron chi connectivity index (χ1n) is 5.68. The monoisotopic (exact) mass is 322 g/mol. The third-order valence-electron chi connectivity index (χ3n) is 2.41. The van der Waals surface area contributed by atoms with Gasteiger partial charge in [0.05, 0.1) is 5.69 Å². The van der Waals surface area contributed by atoms with Crippen LogP contribution >= 0.6 is 15.9 Å². The van der Waals surface area contributed by atoms with Crippen molar-refractivity contribution in [2.24, 2.45) is 0 Å². The van der Waals surface area contributed by atoms with Gasteiger partial charge in [0.2, 0.25) is 17.8 Å². The van der Waals surface area contributed by atoms with Crippen molar-refractivity contribution in [2.75, 3.05) is 30.0 Å². The van der Waals surface area contributed by atoms with Gasteiger partial charge in [-0.15, -0.1) is 0 Å². The number of nitrogens with zero attached hydrogens (tertiary/aromatic N) is 4. The highest BCUT2D eigenvalue weighted by Gasteiger charge is 2.08. The van der Waals surface area contributed by atoms with E-state index < -0.39 is 0 Å². The van der Waals surface area contributed by atoms with Gasteiger partial charge in [-0.05, 0) is 40.5 Å². The molecule has 6 nitrogen and oxygen atoms in total. The Kier molecular flexibility index (Phi) is 3.84. The van der Waals surface area contributed by atoms with Crippen molar-refractivity contribution in [3.63, 3.8) is 0 Å². The Morgan fingerprint density at radius 1 is 1.21 bits per heavy atom. The van der Waals surface area contributed by atoms with E-state index in [1.54, 1.807) is 4.90 Å². The van der Waals surface area contributed by atoms with Crippen molar-refractivity contribution in [3.05, 3.63) is 28.2 Å². The Labute approximate surface area is 120 Å². The van der Waals surface area contributed by atoms with Gasteiger partial charge in [-0.3, -0.25) is 0 Å². The fourth-order valence-electron chi connectivity index (χ4n) is 1.49. The summed E-state index contributed by atoms with van der Waals surface area (Å²) in [5.74, 6) is 1.12. The second-order valence-corrected chi connectivity index (χ2v) is 5.17. The first kappa shape index (κ1) is 13.5. The zero-order valence-corrected chi connectivity index (χ0v) is 12.6. The van der Waals surface area contributed by atoms with E-state index >= 15 is 0 Å². The van der Waals surface area contributed by atoms with Gasteiger partial charge in [-0.2, -0.15) is 15.0 Å². The highest BCUT2D eigenvalue weighted by Crippen LogP contribution is 2.26. The Hall–Kier alpha value is -1.89. The number of nitrogen functional groups attached to an aromatic ring is 1. The lowest BCUT2D eigenvalue weighted by Crippen LogP contribution is -2.15. The first-order valence-corrected chi connectivity index (χ1v) is 6.47. The molecule has 0 amide bonds. The second kappa shape index (κ2) is 5.40. The molecule has 19 heavy (non-hydrogen) atoms. The van der Waals surface area contributed by atoms with Crippen LogP contribution in [0.15, 0.2) is 22.7 Å². The van der Waals surface area contributed by atoms with Crippen LogP contribution < -0.4 is 16.0 Å². The molecule has 1 aromatic heterocycles. The zero-order valence-electron chi connectivity index (χ0n) is 11.0. The molecule has 1 heterocycles. The zero-order chi connectivity index (χ0) is 14.0. The highest BCUT2D eigenvalue weighted by atomic mass is 79.9. The molecule has 2 rings (SSSR count). The maximum Gasteiger partial charge on any atom is 0.233 e. The minimum absolute atomic E-state index is 0.185. The standard InChI is InChI=1S/C12H15BrN6/c1-7-4-5-8(13)9(6-7)15-11-16-10(14)17-12(18-11)19(2)3/h4-6H,1-3H3,(H3,14,15,16,17,18). The fraction of sp³-hybridized carbons (Fsp3) is 0.250. The summed E-state index contributed by atoms with van der Waals surface area (Å²) >= 11 is 3.48. The largest absolute Gasteiger partial charge is 0.368 e. The summed E-state index contributed by atoms with van der Waals surface area (Å²) in [6.07, 6.45) is 0. The summed E-state index contributed by atoms with van der Waals surface area (Å²) in [5, 5.41) is 3.13. The SMILES string of the molecule is Cc1ccc(Br)c(Nc2nc(N)nc(N(C)C)n2)c1. The lowest BCUT2D eigenvalue weighted by Gasteiger charge is -2.13. The van der Waals surface area contributed by atoms with E-state index in [0.717, 1.165) is 15.7 Å². The molecule has 0 atom stereocenters. The van der Waals surface area contributed by atoms with E-state index in [1.807, 2.05) is 39.2 Å². The van der Waals surface area contributed by atoms with Gasteiger partial charge in [0.1, 0.15) is 0 Å². The lowest BCUT2D eigenvalue weighted by molar-refractivity contribution is 0.969. The number of hydrogen-bond donors (Lipinski definition) is 2. The fourth-order valence-corrected chi connectivity index (χ4v) is 1.84. The molecule has 0 aliphatic carbocycles. The molecule has 0 spiro atoms. The van der Waals surface area contributed by atoms with Crippen molar-refractivity contribution in [3.8, 4) is 0 Å². The van der Waals surface area contributed by atoms with Crippen LogP contribution in [0.3, 0.4) is 0 Å². The van der Waals surface area contributed by atoms with Gasteiger partial charge in [0.15, 0.2) is 0 Å². The van der Waals surface area contributed by atoms with E-state index in [0.29, 0.717) is 11.9 Å². The number of benzene rings is 1. The van der Waals surface area contributed by atoms with Gasteiger partial charge >= 0.3 is 0 Å². The Morgan fingerprint density at radius 2 is 1.95 bits per heavy atom. The Morgan fingerprint density at radius 3 is 2.63 bits per heavy atom. The van der Waals surface area contributed by atoms with E-state index in [1.165, 1.54) is 0 Å². The summed E-state index contributed by atoms with van der Waals surface area (Å²) in [7, 11) is 3.70. The third kappa shape index (κ3) is 3.31. The van der Waals surface area contributed by atoms with Crippen LogP contribution in [0.25, 0.3) is 0 Å². The molecular formula is C12H15BrN6. The quantitative estimate of drug-likeness (QED) is 0.902. The van der Waals surface area contributed by atoms with Crippen molar-refractivity contribution >= 4 is 39.5 Å². The maximum absolute atomic E-state index is 5.68. The van der Waals surface area contributed by atoms with Crippen molar-refractivity contribution in [2.45, 2.75) is 6.92 Å². The topological polar surface area (TPSA) is 80.0 Å². The normalized spacial score (nSPS) is 10.3. The summed E-state index contributed by atoms with van der Waals surface area (Å²) in [4.78, 5) is 14.2. The van der Waals surface area contributed by atoms with Crippen molar-refractivity contribution < 1.29 is 0 Å². The number of nitrogens with two attached hydrogens (primary N) is 1. The number of aromatic nitrogens is 3. The van der Waals surface area contributed by atoms with Crippen molar-refractivity contribution in [1.29, 1.82) is 0 Å². The number of rotatable bonds is 3. The number of nitrogens with one attached hydrogen (secondary N) is 1. The number of hydrogen-bond acceptors (Lipinski definition) is 6. The summed E-state index contributed by atoms with van der Waals surface area (Å²) in [5.41, 5.74) is 7.70. The molecule has 0 bridgehead atoms. The van der Waals surface area contributed by atoms with Gasteiger partial charge < -0.3 is 16.0 Å². The van der Waals surface area contributed by atoms with E-state index in [4.69, 9.17) is 5.73 Å². The van der Waals surface area contributed by atoms with Crippen LogP contribution in [0.1, 0.15) is 5.56 Å². The minimum Gasteiger partial charge on any atom is -0.368 e. The predicted molar refractivity (Wildman–Crippen MR) is 80.7 cm³/mol. The molecule has 0 saturated carbocycles. The van der Waals surface area contributed by atoms with E-state index in [2.05, 4.69) is 36.2 Å². The predicted octanol–water partition coefficient (Wildman–Crippen LogP) is 2.33. The lowest BCUT2D eigenvalue weighted by atomic mass is 10.2.